The Morgan fingerprint density at radius 1 is 1.30 bits per heavy atom. The summed E-state index contributed by atoms with van der Waals surface area (Å²) in [4.78, 5) is 0. The number of fused-ring (bicyclic) bond motifs is 4. The zero-order valence-electron chi connectivity index (χ0n) is 18.4. The number of aliphatic hydroxyl groups excluding tert-OH is 1. The van der Waals surface area contributed by atoms with E-state index in [-0.39, 0.29) is 36.1 Å². The summed E-state index contributed by atoms with van der Waals surface area (Å²) in [6.07, 6.45) is 5.96. The van der Waals surface area contributed by atoms with Crippen molar-refractivity contribution in [3.8, 4) is 0 Å². The van der Waals surface area contributed by atoms with Crippen molar-refractivity contribution in [2.45, 2.75) is 101 Å². The van der Waals surface area contributed by atoms with Crippen molar-refractivity contribution in [1.29, 1.82) is 0 Å². The second-order valence-electron chi connectivity index (χ2n) is 10.4. The number of alkyl halides is 1. The average Bonchev–Trinajstić information content (AvgIpc) is 3.24. The number of ether oxygens (including phenoxy) is 2. The third kappa shape index (κ3) is 2.44. The molecule has 2 heterocycles. The Kier molecular flexibility index (Phi) is 4.61. The molecule has 2 fully saturated rings. The first-order valence-electron chi connectivity index (χ1n) is 11.2. The Morgan fingerprint density at radius 3 is 2.67 bits per heavy atom. The lowest BCUT2D eigenvalue weighted by atomic mass is 9.50. The van der Waals surface area contributed by atoms with E-state index in [9.17, 15) is 10.2 Å². The molecule has 5 nitrogen and oxygen atoms in total. The minimum Gasteiger partial charge on any atom is -0.466 e. The third-order valence-corrected chi connectivity index (χ3v) is 8.81. The fourth-order valence-electron chi connectivity index (χ4n) is 6.64. The summed E-state index contributed by atoms with van der Waals surface area (Å²) in [5.41, 5.74) is 1.56. The second kappa shape index (κ2) is 6.58. The minimum absolute atomic E-state index is 0.0153. The molecule has 30 heavy (non-hydrogen) atoms. The molecule has 5 rings (SSSR count). The Morgan fingerprint density at radius 2 is 2.03 bits per heavy atom. The molecule has 7 atom stereocenters. The number of epoxide rings is 1. The molecular weight excluding hydrogens is 404 g/mol. The van der Waals surface area contributed by atoms with Crippen LogP contribution in [-0.4, -0.2) is 45.1 Å². The summed E-state index contributed by atoms with van der Waals surface area (Å²) >= 11 is 6.90. The van der Waals surface area contributed by atoms with Crippen LogP contribution in [0.4, 0.5) is 0 Å². The Hall–Kier alpha value is -0.850. The van der Waals surface area contributed by atoms with Gasteiger partial charge in [-0.1, -0.05) is 26.8 Å². The molecule has 1 saturated heterocycles. The van der Waals surface area contributed by atoms with E-state index in [0.717, 1.165) is 24.8 Å². The second-order valence-corrected chi connectivity index (χ2v) is 10.9. The fraction of sp³-hybridized carbons (Fsp3) is 0.750. The Labute approximate surface area is 183 Å². The molecule has 0 bridgehead atoms. The average molecular weight is 437 g/mol. The number of halogens is 1. The Bertz CT molecular complexity index is 890. The van der Waals surface area contributed by atoms with E-state index < -0.39 is 22.7 Å². The number of hydrogen-bond acceptors (Lipinski definition) is 5. The molecule has 2 N–H and O–H groups in total. The largest absolute Gasteiger partial charge is 0.466 e. The van der Waals surface area contributed by atoms with Crippen LogP contribution < -0.4 is 0 Å². The van der Waals surface area contributed by atoms with Crippen LogP contribution in [0.2, 0.25) is 0 Å². The van der Waals surface area contributed by atoms with Crippen molar-refractivity contribution in [1.82, 2.24) is 0 Å². The lowest BCUT2D eigenvalue weighted by molar-refractivity contribution is -0.175. The maximum absolute atomic E-state index is 11.8. The van der Waals surface area contributed by atoms with E-state index in [2.05, 4.69) is 13.0 Å². The molecule has 7 unspecified atom stereocenters. The highest BCUT2D eigenvalue weighted by molar-refractivity contribution is 6.23. The highest BCUT2D eigenvalue weighted by Gasteiger charge is 2.78. The zero-order chi connectivity index (χ0) is 21.6. The van der Waals surface area contributed by atoms with Crippen LogP contribution in [0.3, 0.4) is 0 Å². The van der Waals surface area contributed by atoms with Gasteiger partial charge in [0.15, 0.2) is 0 Å². The smallest absolute Gasteiger partial charge is 0.145 e. The van der Waals surface area contributed by atoms with Crippen LogP contribution in [0.5, 0.6) is 0 Å². The molecule has 0 radical (unpaired) electrons. The van der Waals surface area contributed by atoms with Gasteiger partial charge < -0.3 is 24.1 Å². The summed E-state index contributed by atoms with van der Waals surface area (Å²) in [7, 11) is 0. The summed E-state index contributed by atoms with van der Waals surface area (Å²) < 4.78 is 18.6. The van der Waals surface area contributed by atoms with Crippen LogP contribution in [0.15, 0.2) is 22.3 Å². The van der Waals surface area contributed by atoms with Crippen molar-refractivity contribution in [2.75, 3.05) is 0 Å². The maximum Gasteiger partial charge on any atom is 0.145 e. The van der Waals surface area contributed by atoms with Gasteiger partial charge >= 0.3 is 0 Å². The van der Waals surface area contributed by atoms with Crippen molar-refractivity contribution >= 4 is 11.6 Å². The SMILES string of the molecule is CC(C)OC1C23OC2CC2c4coc(CO)c4CCC2(C)C3=CC(Cl)C1(O)C(C)C. The van der Waals surface area contributed by atoms with Gasteiger partial charge in [0.1, 0.15) is 29.7 Å². The van der Waals surface area contributed by atoms with Gasteiger partial charge in [0.2, 0.25) is 0 Å². The van der Waals surface area contributed by atoms with Crippen LogP contribution in [-0.2, 0) is 22.5 Å². The standard InChI is InChI=1S/C24H33ClO5/c1-12(2)23(27)19(25)9-18-22(5)7-6-14-15(11-28-17(14)10-26)16(22)8-20-24(18,30-20)21(23)29-13(3)4/h9,11-13,16,19-21,26-27H,6-8,10H2,1-5H3. The predicted molar refractivity (Wildman–Crippen MR) is 114 cm³/mol. The molecular formula is C24H33ClO5. The number of aliphatic hydroxyl groups is 2. The summed E-state index contributed by atoms with van der Waals surface area (Å²) in [5, 5.41) is 20.9. The first-order valence-corrected chi connectivity index (χ1v) is 11.7. The van der Waals surface area contributed by atoms with Crippen LogP contribution in [0.25, 0.3) is 0 Å². The lowest BCUT2D eigenvalue weighted by Crippen LogP contribution is -2.67. The molecule has 1 aromatic rings. The molecule has 0 amide bonds. The van der Waals surface area contributed by atoms with Crippen molar-refractivity contribution < 1.29 is 24.1 Å². The van der Waals surface area contributed by atoms with Crippen LogP contribution >= 0.6 is 11.6 Å². The summed E-state index contributed by atoms with van der Waals surface area (Å²) in [6, 6.07) is 0. The number of furan rings is 1. The van der Waals surface area contributed by atoms with E-state index in [4.69, 9.17) is 25.5 Å². The van der Waals surface area contributed by atoms with Gasteiger partial charge in [0.05, 0.1) is 23.8 Å². The zero-order valence-corrected chi connectivity index (χ0v) is 19.2. The molecule has 1 aliphatic heterocycles. The third-order valence-electron chi connectivity index (χ3n) is 8.34. The van der Waals surface area contributed by atoms with E-state index >= 15 is 0 Å². The molecule has 1 spiro atoms. The number of hydrogen-bond donors (Lipinski definition) is 2. The predicted octanol–water partition coefficient (Wildman–Crippen LogP) is 4.08. The van der Waals surface area contributed by atoms with E-state index in [1.54, 1.807) is 0 Å². The first-order chi connectivity index (χ1) is 14.1. The Balaban J connectivity index is 1.64. The van der Waals surface area contributed by atoms with Gasteiger partial charge in [-0.2, -0.15) is 0 Å². The number of rotatable bonds is 4. The first kappa shape index (κ1) is 21.0. The summed E-state index contributed by atoms with van der Waals surface area (Å²) in [5.74, 6) is 0.847. The van der Waals surface area contributed by atoms with Crippen molar-refractivity contribution in [2.24, 2.45) is 11.3 Å². The van der Waals surface area contributed by atoms with E-state index in [1.165, 1.54) is 11.1 Å². The minimum atomic E-state index is -1.20. The highest BCUT2D eigenvalue weighted by atomic mass is 35.5. The van der Waals surface area contributed by atoms with Gasteiger partial charge in [0.25, 0.3) is 0 Å². The van der Waals surface area contributed by atoms with Crippen molar-refractivity contribution in [3.05, 3.63) is 34.8 Å². The van der Waals surface area contributed by atoms with Gasteiger partial charge in [-0.25, -0.2) is 0 Å². The monoisotopic (exact) mass is 436 g/mol. The fourth-order valence-corrected chi connectivity index (χ4v) is 7.14. The summed E-state index contributed by atoms with van der Waals surface area (Å²) in [6.45, 7) is 10.2. The molecule has 4 aliphatic rings. The molecule has 6 heteroatoms. The molecule has 166 valence electrons. The maximum atomic E-state index is 11.8. The molecule has 1 saturated carbocycles. The quantitative estimate of drug-likeness (QED) is 0.422. The van der Waals surface area contributed by atoms with Gasteiger partial charge in [-0.3, -0.25) is 0 Å². The van der Waals surface area contributed by atoms with Gasteiger partial charge in [-0.15, -0.1) is 11.6 Å². The van der Waals surface area contributed by atoms with Crippen LogP contribution in [0.1, 0.15) is 70.3 Å². The van der Waals surface area contributed by atoms with E-state index in [0.29, 0.717) is 5.76 Å². The topological polar surface area (TPSA) is 75.4 Å². The van der Waals surface area contributed by atoms with E-state index in [1.807, 2.05) is 34.0 Å². The lowest BCUT2D eigenvalue weighted by Gasteiger charge is -2.56. The van der Waals surface area contributed by atoms with Gasteiger partial charge in [-0.05, 0) is 67.1 Å². The highest BCUT2D eigenvalue weighted by Crippen LogP contribution is 2.70. The van der Waals surface area contributed by atoms with Crippen molar-refractivity contribution in [3.63, 3.8) is 0 Å². The normalized spacial score (nSPS) is 44.3. The van der Waals surface area contributed by atoms with Gasteiger partial charge in [0, 0.05) is 0 Å². The molecule has 0 aromatic carbocycles. The molecule has 3 aliphatic carbocycles. The van der Waals surface area contributed by atoms with Crippen LogP contribution in [0, 0.1) is 11.3 Å². The molecule has 1 aromatic heterocycles.